The average molecular weight is 476 g/mol. The predicted molar refractivity (Wildman–Crippen MR) is 129 cm³/mol. The number of imidazole rings is 1. The van der Waals surface area contributed by atoms with E-state index in [1.165, 1.54) is 0 Å². The Labute approximate surface area is 200 Å². The van der Waals surface area contributed by atoms with Gasteiger partial charge >= 0.3 is 6.09 Å². The summed E-state index contributed by atoms with van der Waals surface area (Å²) in [4.78, 5) is 27.3. The fourth-order valence-corrected chi connectivity index (χ4v) is 4.82. The topological polar surface area (TPSA) is 97.2 Å². The molecule has 0 aromatic carbocycles. The van der Waals surface area contributed by atoms with Gasteiger partial charge in [0.05, 0.1) is 12.5 Å². The van der Waals surface area contributed by atoms with Crippen molar-refractivity contribution in [3.8, 4) is 0 Å². The van der Waals surface area contributed by atoms with Gasteiger partial charge in [0.15, 0.2) is 11.6 Å². The number of carbonyl (C=O) groups is 1. The number of piperidine rings is 1. The van der Waals surface area contributed by atoms with Gasteiger partial charge in [-0.3, -0.25) is 0 Å². The molecule has 1 aliphatic heterocycles. The monoisotopic (exact) mass is 475 g/mol. The number of ether oxygens (including phenoxy) is 1. The largest absolute Gasteiger partial charge is 0.444 e. The molecule has 1 spiro atoms. The van der Waals surface area contributed by atoms with E-state index in [1.807, 2.05) is 43.5 Å². The van der Waals surface area contributed by atoms with E-state index in [-0.39, 0.29) is 6.09 Å². The van der Waals surface area contributed by atoms with Gasteiger partial charge in [-0.25, -0.2) is 14.8 Å². The standard InChI is InChI=1S/C23H34ClN7O2/c1-22(2,3)33-21(32)31-11-9-23(10-12-31)7-5-16(6-8-23)27-19-17(24)13-25-20(29-19)28-18-14-30(4)15-26-18/h13-16H,5-12H2,1-4H3,(H2,25,27,28,29). The van der Waals surface area contributed by atoms with Gasteiger partial charge < -0.3 is 24.8 Å². The molecule has 33 heavy (non-hydrogen) atoms. The molecule has 0 radical (unpaired) electrons. The lowest BCUT2D eigenvalue weighted by Crippen LogP contribution is -2.47. The summed E-state index contributed by atoms with van der Waals surface area (Å²) in [5.74, 6) is 1.79. The molecule has 180 valence electrons. The van der Waals surface area contributed by atoms with Gasteiger partial charge in [0.1, 0.15) is 10.6 Å². The number of amides is 1. The first-order valence-corrected chi connectivity index (χ1v) is 12.0. The quantitative estimate of drug-likeness (QED) is 0.643. The van der Waals surface area contributed by atoms with Crippen LogP contribution in [0.5, 0.6) is 0 Å². The highest BCUT2D eigenvalue weighted by Crippen LogP contribution is 2.45. The molecule has 0 atom stereocenters. The maximum Gasteiger partial charge on any atom is 0.410 e. The summed E-state index contributed by atoms with van der Waals surface area (Å²) in [5.41, 5.74) is -0.136. The molecule has 9 nitrogen and oxygen atoms in total. The summed E-state index contributed by atoms with van der Waals surface area (Å²) < 4.78 is 7.39. The molecule has 1 saturated heterocycles. The minimum atomic E-state index is -0.453. The number of hydrogen-bond acceptors (Lipinski definition) is 7. The fourth-order valence-electron chi connectivity index (χ4n) is 4.68. The summed E-state index contributed by atoms with van der Waals surface area (Å²) in [5, 5.41) is 7.14. The Morgan fingerprint density at radius 1 is 1.18 bits per heavy atom. The Balaban J connectivity index is 1.29. The van der Waals surface area contributed by atoms with Crippen LogP contribution < -0.4 is 10.6 Å². The van der Waals surface area contributed by atoms with Crippen molar-refractivity contribution in [1.82, 2.24) is 24.4 Å². The molecule has 4 rings (SSSR count). The third kappa shape index (κ3) is 6.07. The summed E-state index contributed by atoms with van der Waals surface area (Å²) in [7, 11) is 1.91. The Bertz CT molecular complexity index is 969. The van der Waals surface area contributed by atoms with E-state index in [0.717, 1.165) is 51.6 Å². The van der Waals surface area contributed by atoms with E-state index < -0.39 is 5.60 Å². The van der Waals surface area contributed by atoms with E-state index in [4.69, 9.17) is 16.3 Å². The summed E-state index contributed by atoms with van der Waals surface area (Å²) in [6.45, 7) is 7.27. The van der Waals surface area contributed by atoms with Crippen LogP contribution in [-0.4, -0.2) is 55.2 Å². The first-order valence-electron chi connectivity index (χ1n) is 11.6. The van der Waals surface area contributed by atoms with Crippen LogP contribution in [0.1, 0.15) is 59.3 Å². The molecule has 1 aliphatic carbocycles. The van der Waals surface area contributed by atoms with Gasteiger partial charge in [-0.15, -0.1) is 0 Å². The number of anilines is 3. The lowest BCUT2D eigenvalue weighted by Gasteiger charge is -2.46. The zero-order valence-electron chi connectivity index (χ0n) is 19.9. The van der Waals surface area contributed by atoms with Gasteiger partial charge in [0.2, 0.25) is 5.95 Å². The second kappa shape index (κ2) is 9.37. The van der Waals surface area contributed by atoms with Crippen molar-refractivity contribution in [2.75, 3.05) is 23.7 Å². The number of hydrogen-bond donors (Lipinski definition) is 2. The van der Waals surface area contributed by atoms with Gasteiger partial charge in [-0.05, 0) is 64.7 Å². The second-order valence-corrected chi connectivity index (χ2v) is 10.7. The molecule has 0 bridgehead atoms. The van der Waals surface area contributed by atoms with Crippen LogP contribution in [0, 0.1) is 5.41 Å². The third-order valence-corrected chi connectivity index (χ3v) is 6.83. The Hall–Kier alpha value is -2.55. The second-order valence-electron chi connectivity index (χ2n) is 10.3. The van der Waals surface area contributed by atoms with Crippen molar-refractivity contribution < 1.29 is 9.53 Å². The molecule has 3 heterocycles. The minimum absolute atomic E-state index is 0.193. The first kappa shape index (κ1) is 23.6. The molecule has 1 saturated carbocycles. The molecule has 0 unspecified atom stereocenters. The number of aryl methyl sites for hydroxylation is 1. The number of rotatable bonds is 4. The van der Waals surface area contributed by atoms with Gasteiger partial charge in [0.25, 0.3) is 0 Å². The summed E-state index contributed by atoms with van der Waals surface area (Å²) in [6, 6.07) is 0.314. The zero-order chi connectivity index (χ0) is 23.6. The maximum absolute atomic E-state index is 12.4. The van der Waals surface area contributed by atoms with Crippen molar-refractivity contribution in [3.63, 3.8) is 0 Å². The number of nitrogens with zero attached hydrogens (tertiary/aromatic N) is 5. The normalized spacial score (nSPS) is 18.9. The SMILES string of the molecule is Cn1cnc(Nc2ncc(Cl)c(NC3CCC4(CC3)CCN(C(=O)OC(C)(C)C)CC4)n2)c1. The molecule has 2 aromatic heterocycles. The number of likely N-dealkylation sites (tertiary alicyclic amines) is 1. The van der Waals surface area contributed by atoms with E-state index in [9.17, 15) is 4.79 Å². The van der Waals surface area contributed by atoms with Gasteiger partial charge in [-0.2, -0.15) is 4.98 Å². The van der Waals surface area contributed by atoms with Crippen molar-refractivity contribution in [3.05, 3.63) is 23.7 Å². The van der Waals surface area contributed by atoms with Gasteiger partial charge in [0, 0.05) is 32.4 Å². The lowest BCUT2D eigenvalue weighted by molar-refractivity contribution is 0.00394. The summed E-state index contributed by atoms with van der Waals surface area (Å²) >= 11 is 6.37. The average Bonchev–Trinajstić information content (AvgIpc) is 3.16. The molecular formula is C23H34ClN7O2. The van der Waals surface area contributed by atoms with E-state index in [0.29, 0.717) is 34.1 Å². The fraction of sp³-hybridized carbons (Fsp3) is 0.652. The number of aromatic nitrogens is 4. The Morgan fingerprint density at radius 3 is 2.48 bits per heavy atom. The molecule has 2 N–H and O–H groups in total. The van der Waals surface area contributed by atoms with Crippen LogP contribution in [0.25, 0.3) is 0 Å². The highest BCUT2D eigenvalue weighted by Gasteiger charge is 2.40. The Morgan fingerprint density at radius 2 is 1.88 bits per heavy atom. The minimum Gasteiger partial charge on any atom is -0.444 e. The number of halogens is 1. The molecular weight excluding hydrogens is 442 g/mol. The first-order chi connectivity index (χ1) is 15.6. The van der Waals surface area contributed by atoms with Crippen LogP contribution >= 0.6 is 11.6 Å². The number of carbonyl (C=O) groups excluding carboxylic acids is 1. The van der Waals surface area contributed by atoms with Crippen LogP contribution in [-0.2, 0) is 11.8 Å². The zero-order valence-corrected chi connectivity index (χ0v) is 20.7. The van der Waals surface area contributed by atoms with Crippen LogP contribution in [0.15, 0.2) is 18.7 Å². The maximum atomic E-state index is 12.4. The molecule has 2 fully saturated rings. The highest BCUT2D eigenvalue weighted by atomic mass is 35.5. The van der Waals surface area contributed by atoms with Gasteiger partial charge in [-0.1, -0.05) is 11.6 Å². The summed E-state index contributed by atoms with van der Waals surface area (Å²) in [6.07, 6.45) is 11.4. The van der Waals surface area contributed by atoms with Crippen LogP contribution in [0.3, 0.4) is 0 Å². The third-order valence-electron chi connectivity index (χ3n) is 6.55. The van der Waals surface area contributed by atoms with Crippen molar-refractivity contribution in [1.29, 1.82) is 0 Å². The molecule has 1 amide bonds. The molecule has 2 aliphatic rings. The highest BCUT2D eigenvalue weighted by molar-refractivity contribution is 6.32. The van der Waals surface area contributed by atoms with Crippen molar-refractivity contribution in [2.24, 2.45) is 12.5 Å². The van der Waals surface area contributed by atoms with Crippen LogP contribution in [0.4, 0.5) is 22.4 Å². The molecule has 2 aromatic rings. The van der Waals surface area contributed by atoms with E-state index in [2.05, 4.69) is 25.6 Å². The smallest absolute Gasteiger partial charge is 0.410 e. The van der Waals surface area contributed by atoms with Crippen molar-refractivity contribution >= 4 is 35.3 Å². The van der Waals surface area contributed by atoms with E-state index in [1.54, 1.807) is 12.5 Å². The lowest BCUT2D eigenvalue weighted by atomic mass is 9.67. The van der Waals surface area contributed by atoms with E-state index >= 15 is 0 Å². The molecule has 10 heteroatoms. The van der Waals surface area contributed by atoms with Crippen LogP contribution in [0.2, 0.25) is 5.02 Å². The number of nitrogens with one attached hydrogen (secondary N) is 2. The Kier molecular flexibility index (Phi) is 6.70. The predicted octanol–water partition coefficient (Wildman–Crippen LogP) is 4.98. The van der Waals surface area contributed by atoms with Crippen molar-refractivity contribution in [2.45, 2.75) is 70.9 Å².